The molecule has 7 heteroatoms. The third kappa shape index (κ3) is 6.79. The largest absolute Gasteiger partial charge is 0.490 e. The fourth-order valence-electron chi connectivity index (χ4n) is 2.82. The molecule has 2 aromatic rings. The lowest BCUT2D eigenvalue weighted by Gasteiger charge is -2.20. The van der Waals surface area contributed by atoms with Crippen LogP contribution in [0, 0.1) is 10.1 Å². The molecule has 0 radical (unpaired) electrons. The van der Waals surface area contributed by atoms with Crippen molar-refractivity contribution in [2.45, 2.75) is 40.7 Å². The van der Waals surface area contributed by atoms with Gasteiger partial charge in [0.05, 0.1) is 37.4 Å². The molecule has 0 atom stereocenters. The van der Waals surface area contributed by atoms with Crippen LogP contribution in [0.25, 0.3) is 10.9 Å². The van der Waals surface area contributed by atoms with Gasteiger partial charge in [-0.15, -0.1) is 0 Å². The van der Waals surface area contributed by atoms with Gasteiger partial charge < -0.3 is 23.5 Å². The summed E-state index contributed by atoms with van der Waals surface area (Å²) in [5.74, 6) is 0.582. The zero-order chi connectivity index (χ0) is 22.0. The molecule has 1 aromatic carbocycles. The van der Waals surface area contributed by atoms with Gasteiger partial charge in [-0.2, -0.15) is 0 Å². The summed E-state index contributed by atoms with van der Waals surface area (Å²) in [6, 6.07) is 9.98. The number of aromatic nitrogens is 1. The monoisotopic (exact) mass is 435 g/mol. The SMILES string of the molecule is CCn1c(=S)cc(OCCOCCOCCOC(=O)C(C)(C)CC)c2ccccc21. The van der Waals surface area contributed by atoms with Crippen molar-refractivity contribution in [3.05, 3.63) is 35.0 Å². The molecule has 6 nitrogen and oxygen atoms in total. The van der Waals surface area contributed by atoms with Crippen molar-refractivity contribution >= 4 is 29.1 Å². The van der Waals surface area contributed by atoms with Crippen LogP contribution in [0.1, 0.15) is 34.1 Å². The lowest BCUT2D eigenvalue weighted by atomic mass is 9.91. The minimum absolute atomic E-state index is 0.192. The van der Waals surface area contributed by atoms with E-state index in [0.717, 1.165) is 34.3 Å². The number of pyridine rings is 1. The smallest absolute Gasteiger partial charge is 0.311 e. The fraction of sp³-hybridized carbons (Fsp3) is 0.565. The first-order chi connectivity index (χ1) is 14.4. The highest BCUT2D eigenvalue weighted by Crippen LogP contribution is 2.26. The summed E-state index contributed by atoms with van der Waals surface area (Å²) in [7, 11) is 0. The molecular weight excluding hydrogens is 402 g/mol. The van der Waals surface area contributed by atoms with Crippen molar-refractivity contribution in [3.8, 4) is 5.75 Å². The molecule has 0 amide bonds. The van der Waals surface area contributed by atoms with E-state index in [1.807, 2.05) is 45.0 Å². The third-order valence-corrected chi connectivity index (χ3v) is 5.39. The summed E-state index contributed by atoms with van der Waals surface area (Å²) >= 11 is 5.48. The number of fused-ring (bicyclic) bond motifs is 1. The van der Waals surface area contributed by atoms with Crippen LogP contribution in [0.15, 0.2) is 30.3 Å². The van der Waals surface area contributed by atoms with E-state index in [9.17, 15) is 4.79 Å². The molecule has 0 fully saturated rings. The van der Waals surface area contributed by atoms with Crippen LogP contribution in [0.5, 0.6) is 5.75 Å². The Balaban J connectivity index is 1.64. The predicted molar refractivity (Wildman–Crippen MR) is 121 cm³/mol. The number of rotatable bonds is 13. The zero-order valence-corrected chi connectivity index (χ0v) is 19.3. The van der Waals surface area contributed by atoms with Gasteiger partial charge in [0.25, 0.3) is 0 Å². The highest BCUT2D eigenvalue weighted by atomic mass is 32.1. The molecule has 0 aliphatic carbocycles. The van der Waals surface area contributed by atoms with Gasteiger partial charge in [-0.1, -0.05) is 31.3 Å². The second-order valence-corrected chi connectivity index (χ2v) is 7.97. The van der Waals surface area contributed by atoms with E-state index in [4.69, 9.17) is 31.2 Å². The number of aryl methyl sites for hydroxylation is 1. The van der Waals surface area contributed by atoms with Crippen LogP contribution in [0.2, 0.25) is 0 Å². The summed E-state index contributed by atoms with van der Waals surface area (Å²) in [6.07, 6.45) is 0.744. The average molecular weight is 436 g/mol. The third-order valence-electron chi connectivity index (χ3n) is 5.05. The second kappa shape index (κ2) is 12.0. The van der Waals surface area contributed by atoms with Gasteiger partial charge in [-0.3, -0.25) is 4.79 Å². The van der Waals surface area contributed by atoms with Gasteiger partial charge in [0.2, 0.25) is 0 Å². The van der Waals surface area contributed by atoms with Crippen LogP contribution < -0.4 is 4.74 Å². The van der Waals surface area contributed by atoms with Crippen molar-refractivity contribution in [2.24, 2.45) is 5.41 Å². The summed E-state index contributed by atoms with van der Waals surface area (Å²) in [4.78, 5) is 11.8. The van der Waals surface area contributed by atoms with E-state index in [0.29, 0.717) is 33.0 Å². The molecule has 0 bridgehead atoms. The Hall–Kier alpha value is -1.96. The molecule has 0 saturated carbocycles. The van der Waals surface area contributed by atoms with E-state index in [2.05, 4.69) is 17.6 Å². The molecule has 30 heavy (non-hydrogen) atoms. The van der Waals surface area contributed by atoms with Crippen molar-refractivity contribution in [2.75, 3.05) is 39.6 Å². The van der Waals surface area contributed by atoms with Gasteiger partial charge >= 0.3 is 5.97 Å². The Morgan fingerprint density at radius 3 is 2.30 bits per heavy atom. The lowest BCUT2D eigenvalue weighted by molar-refractivity contribution is -0.155. The standard InChI is InChI=1S/C23H33NO5S/c1-5-23(3,4)22(25)29-16-14-27-12-11-26-13-15-28-20-17-21(30)24(6-2)19-10-8-7-9-18(19)20/h7-10,17H,5-6,11-16H2,1-4H3. The second-order valence-electron chi connectivity index (χ2n) is 7.55. The summed E-state index contributed by atoms with van der Waals surface area (Å²) in [5.41, 5.74) is 0.621. The first-order valence-corrected chi connectivity index (χ1v) is 10.9. The van der Waals surface area contributed by atoms with E-state index in [-0.39, 0.29) is 12.6 Å². The van der Waals surface area contributed by atoms with Crippen LogP contribution in [0.4, 0.5) is 0 Å². The topological polar surface area (TPSA) is 58.9 Å². The maximum absolute atomic E-state index is 11.8. The van der Waals surface area contributed by atoms with E-state index < -0.39 is 5.41 Å². The summed E-state index contributed by atoms with van der Waals surface area (Å²) in [6.45, 7) is 11.0. The van der Waals surface area contributed by atoms with Gasteiger partial charge in [0, 0.05) is 18.0 Å². The number of para-hydroxylation sites is 1. The number of carbonyl (C=O) groups is 1. The number of hydrogen-bond acceptors (Lipinski definition) is 6. The van der Waals surface area contributed by atoms with Crippen molar-refractivity contribution in [1.82, 2.24) is 4.57 Å². The highest BCUT2D eigenvalue weighted by Gasteiger charge is 2.26. The Morgan fingerprint density at radius 1 is 1.00 bits per heavy atom. The normalized spacial score (nSPS) is 11.6. The summed E-state index contributed by atoms with van der Waals surface area (Å²) in [5, 5.41) is 1.04. The number of nitrogens with zero attached hydrogens (tertiary/aromatic N) is 1. The molecule has 0 N–H and O–H groups in total. The van der Waals surface area contributed by atoms with E-state index in [1.165, 1.54) is 0 Å². The van der Waals surface area contributed by atoms with E-state index in [1.54, 1.807) is 0 Å². The molecule has 1 heterocycles. The molecule has 0 aliphatic heterocycles. The molecule has 0 saturated heterocycles. The molecule has 0 aliphatic rings. The Kier molecular flexibility index (Phi) is 9.75. The Morgan fingerprint density at radius 2 is 1.63 bits per heavy atom. The fourth-order valence-corrected chi connectivity index (χ4v) is 3.15. The quantitative estimate of drug-likeness (QED) is 0.256. The number of benzene rings is 1. The first-order valence-electron chi connectivity index (χ1n) is 10.5. The van der Waals surface area contributed by atoms with Crippen LogP contribution in [-0.2, 0) is 25.5 Å². The molecule has 0 spiro atoms. The molecule has 1 aromatic heterocycles. The highest BCUT2D eigenvalue weighted by molar-refractivity contribution is 7.71. The molecule has 166 valence electrons. The maximum atomic E-state index is 11.8. The van der Waals surface area contributed by atoms with Gasteiger partial charge in [-0.25, -0.2) is 0 Å². The molecule has 0 unspecified atom stereocenters. The average Bonchev–Trinajstić information content (AvgIpc) is 2.74. The minimum atomic E-state index is -0.448. The lowest BCUT2D eigenvalue weighted by Crippen LogP contribution is -2.27. The first kappa shape index (κ1) is 24.3. The van der Waals surface area contributed by atoms with Crippen molar-refractivity contribution in [3.63, 3.8) is 0 Å². The van der Waals surface area contributed by atoms with Crippen molar-refractivity contribution in [1.29, 1.82) is 0 Å². The van der Waals surface area contributed by atoms with Gasteiger partial charge in [-0.05, 0) is 39.3 Å². The predicted octanol–water partition coefficient (Wildman–Crippen LogP) is 4.78. The van der Waals surface area contributed by atoms with Crippen LogP contribution in [0.3, 0.4) is 0 Å². The van der Waals surface area contributed by atoms with E-state index >= 15 is 0 Å². The molecular formula is C23H33NO5S. The van der Waals surface area contributed by atoms with Gasteiger partial charge in [0.15, 0.2) is 0 Å². The Bertz CT molecular complexity index is 878. The van der Waals surface area contributed by atoms with Crippen LogP contribution in [-0.4, -0.2) is 50.2 Å². The number of carbonyl (C=O) groups excluding carboxylic acids is 1. The molecule has 2 rings (SSSR count). The minimum Gasteiger partial charge on any atom is -0.490 e. The number of hydrogen-bond donors (Lipinski definition) is 0. The van der Waals surface area contributed by atoms with Crippen molar-refractivity contribution < 1.29 is 23.7 Å². The van der Waals surface area contributed by atoms with Crippen LogP contribution >= 0.6 is 12.2 Å². The number of ether oxygens (including phenoxy) is 4. The number of esters is 1. The Labute approximate surface area is 184 Å². The maximum Gasteiger partial charge on any atom is 0.311 e. The zero-order valence-electron chi connectivity index (χ0n) is 18.4. The summed E-state index contributed by atoms with van der Waals surface area (Å²) < 4.78 is 25.0. The van der Waals surface area contributed by atoms with Gasteiger partial charge in [0.1, 0.15) is 23.6 Å².